The second-order valence-corrected chi connectivity index (χ2v) is 11.9. The molecule has 0 aromatic carbocycles. The van der Waals surface area contributed by atoms with Crippen LogP contribution in [0.15, 0.2) is 49.4 Å². The zero-order chi connectivity index (χ0) is 42.9. The number of nitriles is 1. The van der Waals surface area contributed by atoms with E-state index >= 15 is 0 Å². The van der Waals surface area contributed by atoms with Crippen molar-refractivity contribution in [3.05, 3.63) is 60.8 Å². The van der Waals surface area contributed by atoms with E-state index in [1.54, 1.807) is 11.1 Å². The maximum atomic E-state index is 13.5. The number of rotatable bonds is 5. The Hall–Kier alpha value is -6.39. The molecule has 26 heteroatoms. The van der Waals surface area contributed by atoms with Crippen LogP contribution in [0.3, 0.4) is 0 Å². The number of carboxylic acid groups (broad SMARTS) is 3. The van der Waals surface area contributed by atoms with Gasteiger partial charge in [-0.3, -0.25) is 19.4 Å². The minimum absolute atomic E-state index is 0.195. The first-order valence-corrected chi connectivity index (χ1v) is 15.6. The largest absolute Gasteiger partial charge is 0.490 e. The predicted molar refractivity (Wildman–Crippen MR) is 169 cm³/mol. The molecule has 4 N–H and O–H groups in total. The zero-order valence-corrected chi connectivity index (χ0v) is 28.5. The van der Waals surface area contributed by atoms with Crippen LogP contribution in [-0.4, -0.2) is 129 Å². The Morgan fingerprint density at radius 3 is 1.89 bits per heavy atom. The Morgan fingerprint density at radius 2 is 1.40 bits per heavy atom. The van der Waals surface area contributed by atoms with Crippen molar-refractivity contribution >= 4 is 34.8 Å². The first-order chi connectivity index (χ1) is 26.4. The standard InChI is InChI=1S/C25H24FN9O.3C2HF3O2/c26-19-9-17(12-28-14-19)24(36)34-7-5-33(6-8-34)20-10-25(11-20,2-3-27)35-15-18(13-32-35)22-21-1-4-29-23(21)31-16-30-22;3*3-2(4,5)1(6)7/h1,4,9,12-16,20H,2,5-8,10-11H2,(H,29,30,31);3*(H,6,7)/t20-,25+;;;. The van der Waals surface area contributed by atoms with Gasteiger partial charge in [0.1, 0.15) is 17.8 Å². The number of nitrogens with one attached hydrogen (secondary N) is 1. The molecule has 1 aliphatic heterocycles. The summed E-state index contributed by atoms with van der Waals surface area (Å²) in [5, 5.41) is 36.5. The Morgan fingerprint density at radius 1 is 0.860 bits per heavy atom. The average molecular weight is 828 g/mol. The quantitative estimate of drug-likeness (QED) is 0.204. The van der Waals surface area contributed by atoms with E-state index in [-0.39, 0.29) is 17.0 Å². The minimum Gasteiger partial charge on any atom is -0.475 e. The highest BCUT2D eigenvalue weighted by molar-refractivity contribution is 5.94. The molecule has 0 radical (unpaired) electrons. The number of nitrogens with zero attached hydrogens (tertiary/aromatic N) is 8. The van der Waals surface area contributed by atoms with Gasteiger partial charge in [0.05, 0.1) is 41.7 Å². The number of aromatic nitrogens is 6. The number of fused-ring (bicyclic) bond motifs is 1. The molecule has 6 rings (SSSR count). The number of piperazine rings is 1. The van der Waals surface area contributed by atoms with E-state index in [9.17, 15) is 54.0 Å². The highest BCUT2D eigenvalue weighted by Crippen LogP contribution is 2.45. The first kappa shape index (κ1) is 45.0. The Labute approximate surface area is 312 Å². The first-order valence-electron chi connectivity index (χ1n) is 15.6. The molecule has 1 saturated heterocycles. The number of carbonyl (C=O) groups is 4. The van der Waals surface area contributed by atoms with Gasteiger partial charge in [-0.25, -0.2) is 28.7 Å². The normalized spacial score (nSPS) is 18.3. The van der Waals surface area contributed by atoms with Crippen LogP contribution >= 0.6 is 0 Å². The molecule has 0 atom stereocenters. The van der Waals surface area contributed by atoms with Crippen LogP contribution in [0.5, 0.6) is 0 Å². The molecule has 16 nitrogen and oxygen atoms in total. The van der Waals surface area contributed by atoms with Gasteiger partial charge in [0.2, 0.25) is 0 Å². The van der Waals surface area contributed by atoms with Gasteiger partial charge in [-0.1, -0.05) is 0 Å². The number of aromatic amines is 1. The second-order valence-electron chi connectivity index (χ2n) is 11.9. The van der Waals surface area contributed by atoms with E-state index in [4.69, 9.17) is 29.7 Å². The molecule has 0 bridgehead atoms. The molecule has 2 fully saturated rings. The number of hydrogen-bond acceptors (Lipinski definition) is 10. The maximum absolute atomic E-state index is 13.5. The van der Waals surface area contributed by atoms with Gasteiger partial charge in [-0.15, -0.1) is 0 Å². The Kier molecular flexibility index (Phi) is 14.2. The third kappa shape index (κ3) is 12.0. The lowest BCUT2D eigenvalue weighted by Crippen LogP contribution is -2.60. The van der Waals surface area contributed by atoms with E-state index in [2.05, 4.69) is 36.0 Å². The van der Waals surface area contributed by atoms with Gasteiger partial charge in [0, 0.05) is 61.8 Å². The number of carbonyl (C=O) groups excluding carboxylic acids is 1. The van der Waals surface area contributed by atoms with Gasteiger partial charge in [-0.2, -0.15) is 49.9 Å². The topological polar surface area (TPSA) is 232 Å². The lowest BCUT2D eigenvalue weighted by molar-refractivity contribution is -0.193. The van der Waals surface area contributed by atoms with Crippen LogP contribution in [0.25, 0.3) is 22.3 Å². The Bertz CT molecular complexity index is 2020. The van der Waals surface area contributed by atoms with E-state index < -0.39 is 42.3 Å². The number of amides is 1. The fourth-order valence-electron chi connectivity index (χ4n) is 5.44. The highest BCUT2D eigenvalue weighted by atomic mass is 19.4. The van der Waals surface area contributed by atoms with Crippen molar-refractivity contribution < 1.29 is 78.4 Å². The summed E-state index contributed by atoms with van der Waals surface area (Å²) in [5.74, 6) is -8.98. The van der Waals surface area contributed by atoms with E-state index in [1.807, 2.05) is 23.1 Å². The van der Waals surface area contributed by atoms with Crippen molar-refractivity contribution in [3.8, 4) is 17.3 Å². The molecular weight excluding hydrogens is 800 g/mol. The van der Waals surface area contributed by atoms with Crippen LogP contribution < -0.4 is 0 Å². The third-order valence-electron chi connectivity index (χ3n) is 8.13. The second kappa shape index (κ2) is 18.0. The molecule has 4 aromatic rings. The number of H-pyrrole nitrogens is 1. The van der Waals surface area contributed by atoms with Crippen molar-refractivity contribution in [2.45, 2.75) is 49.4 Å². The van der Waals surface area contributed by atoms with Crippen LogP contribution in [-0.2, 0) is 19.9 Å². The Balaban J connectivity index is 0.000000341. The SMILES string of the molecule is N#CC[C@]1(n2cc(-c3ncnc4[nH]ccc34)cn2)C[C@@H](N2CCN(C(=O)c3cncc(F)c3)CC2)C1.O=C(O)C(F)(F)F.O=C(O)C(F)(F)F.O=C(O)C(F)(F)F. The van der Waals surface area contributed by atoms with E-state index in [1.165, 1.54) is 18.6 Å². The molecule has 308 valence electrons. The number of alkyl halides is 9. The summed E-state index contributed by atoms with van der Waals surface area (Å²) in [4.78, 5) is 59.1. The summed E-state index contributed by atoms with van der Waals surface area (Å²) in [5.41, 5.74) is 2.39. The molecule has 1 aliphatic carbocycles. The van der Waals surface area contributed by atoms with Gasteiger partial charge < -0.3 is 25.2 Å². The summed E-state index contributed by atoms with van der Waals surface area (Å²) in [6.45, 7) is 2.61. The van der Waals surface area contributed by atoms with Crippen molar-refractivity contribution in [1.82, 2.24) is 39.5 Å². The van der Waals surface area contributed by atoms with Crippen LogP contribution in [0.1, 0.15) is 29.6 Å². The number of carboxylic acids is 3. The van der Waals surface area contributed by atoms with Crippen LogP contribution in [0.4, 0.5) is 43.9 Å². The van der Waals surface area contributed by atoms with Crippen LogP contribution in [0.2, 0.25) is 0 Å². The highest BCUT2D eigenvalue weighted by Gasteiger charge is 2.49. The number of aliphatic carboxylic acids is 3. The molecule has 57 heavy (non-hydrogen) atoms. The van der Waals surface area contributed by atoms with Crippen molar-refractivity contribution in [3.63, 3.8) is 0 Å². The molecular formula is C31H27F10N9O7. The fraction of sp³-hybridized carbons (Fsp3) is 0.387. The number of halogens is 10. The van der Waals surface area contributed by atoms with Crippen molar-refractivity contribution in [1.29, 1.82) is 5.26 Å². The van der Waals surface area contributed by atoms with Gasteiger partial charge in [0.15, 0.2) is 0 Å². The number of pyridine rings is 1. The summed E-state index contributed by atoms with van der Waals surface area (Å²) in [6, 6.07) is 5.84. The van der Waals surface area contributed by atoms with Crippen molar-refractivity contribution in [2.24, 2.45) is 0 Å². The van der Waals surface area contributed by atoms with Gasteiger partial charge in [0.25, 0.3) is 5.91 Å². The molecule has 5 heterocycles. The van der Waals surface area contributed by atoms with Gasteiger partial charge in [-0.05, 0) is 25.0 Å². The predicted octanol–water partition coefficient (Wildman–Crippen LogP) is 4.48. The molecule has 1 amide bonds. The molecule has 1 saturated carbocycles. The lowest BCUT2D eigenvalue weighted by Gasteiger charge is -2.52. The van der Waals surface area contributed by atoms with E-state index in [0.29, 0.717) is 25.6 Å². The summed E-state index contributed by atoms with van der Waals surface area (Å²) in [6.07, 6.45) is -3.61. The fourth-order valence-corrected chi connectivity index (χ4v) is 5.44. The molecule has 0 unspecified atom stereocenters. The van der Waals surface area contributed by atoms with Crippen LogP contribution in [0, 0.1) is 17.1 Å². The lowest BCUT2D eigenvalue weighted by atomic mass is 9.70. The van der Waals surface area contributed by atoms with Gasteiger partial charge >= 0.3 is 36.4 Å². The summed E-state index contributed by atoms with van der Waals surface area (Å²) < 4.78 is 111. The minimum atomic E-state index is -5.08. The maximum Gasteiger partial charge on any atom is 0.490 e. The molecule has 4 aromatic heterocycles. The smallest absolute Gasteiger partial charge is 0.475 e. The molecule has 0 spiro atoms. The molecule has 2 aliphatic rings. The average Bonchev–Trinajstić information content (AvgIpc) is 3.80. The van der Waals surface area contributed by atoms with E-state index in [0.717, 1.165) is 54.4 Å². The van der Waals surface area contributed by atoms with Crippen molar-refractivity contribution in [2.75, 3.05) is 26.2 Å². The summed E-state index contributed by atoms with van der Waals surface area (Å²) in [7, 11) is 0. The third-order valence-corrected chi connectivity index (χ3v) is 8.13. The zero-order valence-electron chi connectivity index (χ0n) is 28.5. The monoisotopic (exact) mass is 827 g/mol. The number of hydrogen-bond donors (Lipinski definition) is 4. The summed E-state index contributed by atoms with van der Waals surface area (Å²) >= 11 is 0.